The van der Waals surface area contributed by atoms with Gasteiger partial charge in [-0.3, -0.25) is 9.69 Å². The van der Waals surface area contributed by atoms with Crippen molar-refractivity contribution in [2.75, 3.05) is 15.3 Å². The van der Waals surface area contributed by atoms with Gasteiger partial charge in [0, 0.05) is 5.69 Å². The molecule has 1 fully saturated rings. The van der Waals surface area contributed by atoms with Crippen molar-refractivity contribution in [3.63, 3.8) is 0 Å². The third-order valence-corrected chi connectivity index (χ3v) is 5.70. The minimum atomic E-state index is -4.81. The number of amides is 1. The predicted molar refractivity (Wildman–Crippen MR) is 121 cm³/mol. The maximum absolute atomic E-state index is 13.4. The Kier molecular flexibility index (Phi) is 6.49. The fourth-order valence-corrected chi connectivity index (χ4v) is 4.29. The van der Waals surface area contributed by atoms with Gasteiger partial charge in [-0.2, -0.15) is 18.4 Å². The highest BCUT2D eigenvalue weighted by molar-refractivity contribution is 9.09. The molecule has 0 atom stereocenters. The van der Waals surface area contributed by atoms with Crippen LogP contribution >= 0.6 is 28.1 Å². The van der Waals surface area contributed by atoms with Crippen LogP contribution in [0.5, 0.6) is 5.75 Å². The van der Waals surface area contributed by atoms with Gasteiger partial charge in [0.25, 0.3) is 5.91 Å². The molecule has 0 unspecified atom stereocenters. The molecule has 32 heavy (non-hydrogen) atoms. The first-order chi connectivity index (χ1) is 15.0. The number of alkyl halides is 4. The van der Waals surface area contributed by atoms with Crippen molar-refractivity contribution < 1.29 is 22.7 Å². The first-order valence-electron chi connectivity index (χ1n) is 9.45. The van der Waals surface area contributed by atoms with Gasteiger partial charge in [-0.15, -0.1) is 0 Å². The number of anilines is 2. The second-order valence-corrected chi connectivity index (χ2v) is 8.24. The summed E-state index contributed by atoms with van der Waals surface area (Å²) >= 11 is 8.75. The van der Waals surface area contributed by atoms with Crippen LogP contribution < -0.4 is 14.5 Å². The molecule has 11 heteroatoms. The number of carbonyl (C=O) groups excluding carboxylic acids is 1. The van der Waals surface area contributed by atoms with Crippen LogP contribution in [0.25, 0.3) is 0 Å². The topological polar surface area (TPSA) is 69.5 Å². The molecule has 6 nitrogen and oxygen atoms in total. The standard InChI is InChI=1S/C21H18BrF3N4O2S/c1-4-12-7-13(5-6-17(12)31-11-22)29-19(32)28(18(30)20(29,2)3)14-8-15(21(23,24)25)16(9-26)27-10-14/h5-8,10H,4,11H2,1-3H3. The molecule has 0 spiro atoms. The zero-order valence-electron chi connectivity index (χ0n) is 17.3. The van der Waals surface area contributed by atoms with Crippen LogP contribution in [-0.2, 0) is 17.4 Å². The Balaban J connectivity index is 2.10. The zero-order chi connectivity index (χ0) is 23.8. The molecule has 1 aromatic heterocycles. The van der Waals surface area contributed by atoms with Crippen LogP contribution in [0.3, 0.4) is 0 Å². The van der Waals surface area contributed by atoms with E-state index in [1.54, 1.807) is 30.9 Å². The normalized spacial score (nSPS) is 15.8. The Hall–Kier alpha value is -2.71. The molecule has 1 aliphatic heterocycles. The summed E-state index contributed by atoms with van der Waals surface area (Å²) in [5, 5.41) is 9.00. The van der Waals surface area contributed by atoms with Gasteiger partial charge in [-0.1, -0.05) is 6.92 Å². The largest absolute Gasteiger partial charge is 0.482 e. The van der Waals surface area contributed by atoms with E-state index in [2.05, 4.69) is 20.9 Å². The van der Waals surface area contributed by atoms with E-state index >= 15 is 0 Å². The van der Waals surface area contributed by atoms with E-state index in [0.29, 0.717) is 23.4 Å². The van der Waals surface area contributed by atoms with E-state index in [1.165, 1.54) is 6.07 Å². The molecule has 2 aromatic rings. The zero-order valence-corrected chi connectivity index (χ0v) is 19.7. The highest BCUT2D eigenvalue weighted by Gasteiger charge is 2.51. The van der Waals surface area contributed by atoms with Gasteiger partial charge in [0.15, 0.2) is 10.8 Å². The van der Waals surface area contributed by atoms with E-state index in [-0.39, 0.29) is 10.8 Å². The van der Waals surface area contributed by atoms with Gasteiger partial charge in [0.2, 0.25) is 0 Å². The van der Waals surface area contributed by atoms with Gasteiger partial charge in [0.1, 0.15) is 22.9 Å². The lowest BCUT2D eigenvalue weighted by molar-refractivity contribution is -0.138. The van der Waals surface area contributed by atoms with Crippen molar-refractivity contribution in [1.29, 1.82) is 5.26 Å². The van der Waals surface area contributed by atoms with E-state index in [0.717, 1.165) is 22.7 Å². The van der Waals surface area contributed by atoms with Crippen molar-refractivity contribution in [2.24, 2.45) is 0 Å². The van der Waals surface area contributed by atoms with Crippen LogP contribution in [0.2, 0.25) is 0 Å². The van der Waals surface area contributed by atoms with E-state index in [4.69, 9.17) is 22.2 Å². The van der Waals surface area contributed by atoms with Crippen molar-refractivity contribution in [3.05, 3.63) is 47.3 Å². The summed E-state index contributed by atoms with van der Waals surface area (Å²) < 4.78 is 45.8. The summed E-state index contributed by atoms with van der Waals surface area (Å²) in [6, 6.07) is 7.48. The Morgan fingerprint density at radius 3 is 2.53 bits per heavy atom. The number of thiocarbonyl (C=S) groups is 1. The molecule has 1 amide bonds. The molecular formula is C21H18BrF3N4O2S. The molecule has 2 heterocycles. The first-order valence-corrected chi connectivity index (χ1v) is 11.0. The molecule has 0 aliphatic carbocycles. The first kappa shape index (κ1) is 23.9. The second-order valence-electron chi connectivity index (χ2n) is 7.42. The summed E-state index contributed by atoms with van der Waals surface area (Å²) in [6.07, 6.45) is -3.11. The third kappa shape index (κ3) is 4.04. The number of nitrogens with zero attached hydrogens (tertiary/aromatic N) is 4. The molecule has 1 aromatic carbocycles. The molecule has 0 N–H and O–H groups in total. The number of carbonyl (C=O) groups is 1. The third-order valence-electron chi connectivity index (χ3n) is 5.10. The molecule has 1 saturated heterocycles. The second kappa shape index (κ2) is 8.67. The Labute approximate surface area is 196 Å². The average molecular weight is 527 g/mol. The van der Waals surface area contributed by atoms with Gasteiger partial charge < -0.3 is 9.64 Å². The van der Waals surface area contributed by atoms with Gasteiger partial charge in [-0.25, -0.2) is 4.98 Å². The van der Waals surface area contributed by atoms with Crippen molar-refractivity contribution >= 4 is 50.5 Å². The van der Waals surface area contributed by atoms with Crippen molar-refractivity contribution in [1.82, 2.24) is 4.98 Å². The fourth-order valence-electron chi connectivity index (χ4n) is 3.52. The summed E-state index contributed by atoms with van der Waals surface area (Å²) in [5.74, 6) is 0.159. The lowest BCUT2D eigenvalue weighted by Gasteiger charge is -2.30. The number of rotatable bonds is 5. The Morgan fingerprint density at radius 2 is 1.97 bits per heavy atom. The van der Waals surface area contributed by atoms with E-state index in [9.17, 15) is 18.0 Å². The van der Waals surface area contributed by atoms with Crippen molar-refractivity contribution in [2.45, 2.75) is 38.9 Å². The Bertz CT molecular complexity index is 1130. The maximum atomic E-state index is 13.4. The quantitative estimate of drug-likeness (QED) is 0.394. The molecule has 168 valence electrons. The van der Waals surface area contributed by atoms with E-state index in [1.807, 2.05) is 13.0 Å². The molecule has 1 aliphatic rings. The van der Waals surface area contributed by atoms with Crippen LogP contribution in [0.4, 0.5) is 24.5 Å². The summed E-state index contributed by atoms with van der Waals surface area (Å²) in [5.41, 5.74) is -1.53. The average Bonchev–Trinajstić information content (AvgIpc) is 2.91. The smallest absolute Gasteiger partial charge is 0.419 e. The monoisotopic (exact) mass is 526 g/mol. The van der Waals surface area contributed by atoms with Crippen LogP contribution in [0, 0.1) is 11.3 Å². The molecule has 0 radical (unpaired) electrons. The minimum Gasteiger partial charge on any atom is -0.482 e. The maximum Gasteiger partial charge on any atom is 0.419 e. The van der Waals surface area contributed by atoms with Gasteiger partial charge in [0.05, 0.1) is 17.4 Å². The number of halogens is 4. The lowest BCUT2D eigenvalue weighted by Crippen LogP contribution is -2.44. The van der Waals surface area contributed by atoms with Crippen LogP contribution in [0.15, 0.2) is 30.5 Å². The number of hydrogen-bond donors (Lipinski definition) is 0. The number of pyridine rings is 1. The number of nitriles is 1. The van der Waals surface area contributed by atoms with E-state index < -0.39 is 28.9 Å². The molecule has 0 bridgehead atoms. The molecular weight excluding hydrogens is 509 g/mol. The van der Waals surface area contributed by atoms with Crippen LogP contribution in [-0.4, -0.2) is 27.1 Å². The predicted octanol–water partition coefficient (Wildman–Crippen LogP) is 5.18. The fraction of sp³-hybridized carbons (Fsp3) is 0.333. The number of aryl methyl sites for hydroxylation is 1. The van der Waals surface area contributed by atoms with Gasteiger partial charge >= 0.3 is 6.18 Å². The lowest BCUT2D eigenvalue weighted by atomic mass is 10.0. The van der Waals surface area contributed by atoms with Crippen molar-refractivity contribution in [3.8, 4) is 11.8 Å². The summed E-state index contributed by atoms with van der Waals surface area (Å²) in [7, 11) is 0. The highest BCUT2D eigenvalue weighted by Crippen LogP contribution is 2.40. The SMILES string of the molecule is CCc1cc(N2C(=S)N(c3cnc(C#N)c(C(F)(F)F)c3)C(=O)C2(C)C)ccc1OCBr. The number of ether oxygens (including phenoxy) is 1. The minimum absolute atomic E-state index is 0.0100. The highest BCUT2D eigenvalue weighted by atomic mass is 79.9. The van der Waals surface area contributed by atoms with Gasteiger partial charge in [-0.05, 0) is 78.2 Å². The number of benzene rings is 1. The molecule has 3 rings (SSSR count). The summed E-state index contributed by atoms with van der Waals surface area (Å²) in [4.78, 5) is 19.5. The Morgan fingerprint density at radius 1 is 1.28 bits per heavy atom. The number of hydrogen-bond acceptors (Lipinski definition) is 5. The molecule has 0 saturated carbocycles. The van der Waals surface area contributed by atoms with Crippen LogP contribution in [0.1, 0.15) is 37.6 Å². The number of aromatic nitrogens is 1. The summed E-state index contributed by atoms with van der Waals surface area (Å²) in [6.45, 7) is 5.22.